The van der Waals surface area contributed by atoms with Crippen LogP contribution in [0.5, 0.6) is 0 Å². The molecular formula is C14H24N2O2S. The summed E-state index contributed by atoms with van der Waals surface area (Å²) < 4.78 is 5.34. The maximum atomic E-state index is 12.4. The number of thiocarbonyl (C=S) groups is 1. The molecule has 19 heavy (non-hydrogen) atoms. The smallest absolute Gasteiger partial charge is 0.233 e. The summed E-state index contributed by atoms with van der Waals surface area (Å²) in [5.74, 6) is 0.631. The lowest BCUT2D eigenvalue weighted by Gasteiger charge is -2.34. The number of hydrogen-bond donors (Lipinski definition) is 2. The number of ether oxygens (including phenoxy) is 1. The van der Waals surface area contributed by atoms with E-state index < -0.39 is 5.41 Å². The first-order valence-electron chi connectivity index (χ1n) is 7.31. The van der Waals surface area contributed by atoms with Crippen molar-refractivity contribution in [1.82, 2.24) is 5.32 Å². The number of hydrogen-bond acceptors (Lipinski definition) is 3. The van der Waals surface area contributed by atoms with Crippen LogP contribution in [0.4, 0.5) is 0 Å². The summed E-state index contributed by atoms with van der Waals surface area (Å²) in [5, 5.41) is 3.04. The van der Waals surface area contributed by atoms with Gasteiger partial charge in [0.25, 0.3) is 0 Å². The van der Waals surface area contributed by atoms with Gasteiger partial charge in [0.2, 0.25) is 5.91 Å². The van der Waals surface area contributed by atoms with Gasteiger partial charge in [-0.05, 0) is 31.6 Å². The molecule has 0 spiro atoms. The molecule has 0 aromatic heterocycles. The minimum atomic E-state index is -0.584. The van der Waals surface area contributed by atoms with Crippen LogP contribution in [-0.2, 0) is 9.53 Å². The van der Waals surface area contributed by atoms with Gasteiger partial charge in [-0.15, -0.1) is 0 Å². The number of amides is 1. The van der Waals surface area contributed by atoms with Gasteiger partial charge in [-0.2, -0.15) is 0 Å². The van der Waals surface area contributed by atoms with Gasteiger partial charge in [-0.25, -0.2) is 0 Å². The molecular weight excluding hydrogens is 260 g/mol. The predicted octanol–water partition coefficient (Wildman–Crippen LogP) is 1.77. The van der Waals surface area contributed by atoms with Crippen molar-refractivity contribution in [3.8, 4) is 0 Å². The second kappa shape index (κ2) is 6.66. The maximum Gasteiger partial charge on any atom is 0.233 e. The van der Waals surface area contributed by atoms with Crippen molar-refractivity contribution in [3.05, 3.63) is 0 Å². The molecule has 1 saturated heterocycles. The van der Waals surface area contributed by atoms with Crippen LogP contribution < -0.4 is 11.1 Å². The summed E-state index contributed by atoms with van der Waals surface area (Å²) in [4.78, 5) is 12.8. The van der Waals surface area contributed by atoms with Crippen LogP contribution in [-0.4, -0.2) is 30.7 Å². The van der Waals surface area contributed by atoms with E-state index >= 15 is 0 Å². The highest BCUT2D eigenvalue weighted by atomic mass is 32.1. The highest BCUT2D eigenvalue weighted by molar-refractivity contribution is 7.80. The van der Waals surface area contributed by atoms with E-state index in [1.807, 2.05) is 0 Å². The quantitative estimate of drug-likeness (QED) is 0.755. The molecule has 1 unspecified atom stereocenters. The van der Waals surface area contributed by atoms with Crippen LogP contribution in [0.2, 0.25) is 0 Å². The third kappa shape index (κ3) is 3.45. The molecule has 1 heterocycles. The molecule has 1 atom stereocenters. The Morgan fingerprint density at radius 1 is 1.37 bits per heavy atom. The number of carbonyl (C=O) groups is 1. The molecule has 0 aromatic rings. The SMILES string of the molecule is NC(=S)C1(C(=O)NCCC2CCOC2)CCCCC1. The third-order valence-electron chi connectivity index (χ3n) is 4.48. The lowest BCUT2D eigenvalue weighted by atomic mass is 9.73. The Kier molecular flexibility index (Phi) is 5.16. The highest BCUT2D eigenvalue weighted by Crippen LogP contribution is 2.37. The van der Waals surface area contributed by atoms with E-state index in [9.17, 15) is 4.79 Å². The number of nitrogens with one attached hydrogen (secondary N) is 1. The number of nitrogens with two attached hydrogens (primary N) is 1. The molecule has 1 saturated carbocycles. The van der Waals surface area contributed by atoms with Gasteiger partial charge >= 0.3 is 0 Å². The first-order chi connectivity index (χ1) is 9.15. The van der Waals surface area contributed by atoms with E-state index in [1.165, 1.54) is 6.42 Å². The minimum Gasteiger partial charge on any atom is -0.392 e. The Labute approximate surface area is 120 Å². The summed E-state index contributed by atoms with van der Waals surface area (Å²) in [5.41, 5.74) is 5.26. The molecule has 2 rings (SSSR count). The normalized spacial score (nSPS) is 26.0. The first kappa shape index (κ1) is 14.7. The Morgan fingerprint density at radius 3 is 2.68 bits per heavy atom. The summed E-state index contributed by atoms with van der Waals surface area (Å²) >= 11 is 5.16. The topological polar surface area (TPSA) is 64.4 Å². The minimum absolute atomic E-state index is 0.0404. The Hall–Kier alpha value is -0.680. The highest BCUT2D eigenvalue weighted by Gasteiger charge is 2.42. The molecule has 2 fully saturated rings. The molecule has 2 aliphatic rings. The zero-order chi connectivity index (χ0) is 13.7. The Balaban J connectivity index is 1.83. The average molecular weight is 284 g/mol. The lowest BCUT2D eigenvalue weighted by molar-refractivity contribution is -0.128. The first-order valence-corrected chi connectivity index (χ1v) is 7.72. The second-order valence-corrected chi connectivity index (χ2v) is 6.22. The van der Waals surface area contributed by atoms with Crippen LogP contribution >= 0.6 is 12.2 Å². The van der Waals surface area contributed by atoms with E-state index in [0.717, 1.165) is 51.7 Å². The van der Waals surface area contributed by atoms with Crippen molar-refractivity contribution >= 4 is 23.1 Å². The van der Waals surface area contributed by atoms with Crippen LogP contribution in [0.1, 0.15) is 44.9 Å². The standard InChI is InChI=1S/C14H24N2O2S/c15-12(19)14(6-2-1-3-7-14)13(17)16-8-4-11-5-9-18-10-11/h11H,1-10H2,(H2,15,19)(H,16,17). The van der Waals surface area contributed by atoms with Crippen LogP contribution in [0, 0.1) is 11.3 Å². The van der Waals surface area contributed by atoms with Gasteiger partial charge < -0.3 is 15.8 Å². The van der Waals surface area contributed by atoms with Crippen LogP contribution in [0.3, 0.4) is 0 Å². The maximum absolute atomic E-state index is 12.4. The molecule has 0 bridgehead atoms. The monoisotopic (exact) mass is 284 g/mol. The van der Waals surface area contributed by atoms with E-state index in [1.54, 1.807) is 0 Å². The fourth-order valence-corrected chi connectivity index (χ4v) is 3.41. The molecule has 4 nitrogen and oxygen atoms in total. The molecule has 1 aliphatic carbocycles. The summed E-state index contributed by atoms with van der Waals surface area (Å²) in [6, 6.07) is 0. The Morgan fingerprint density at radius 2 is 2.11 bits per heavy atom. The second-order valence-electron chi connectivity index (χ2n) is 5.78. The summed E-state index contributed by atoms with van der Waals surface area (Å²) in [7, 11) is 0. The van der Waals surface area contributed by atoms with Crippen molar-refractivity contribution < 1.29 is 9.53 Å². The largest absolute Gasteiger partial charge is 0.392 e. The predicted molar refractivity (Wildman–Crippen MR) is 78.9 cm³/mol. The van der Waals surface area contributed by atoms with E-state index in [2.05, 4.69) is 5.32 Å². The van der Waals surface area contributed by atoms with Crippen molar-refractivity contribution in [1.29, 1.82) is 0 Å². The lowest BCUT2D eigenvalue weighted by Crippen LogP contribution is -2.50. The van der Waals surface area contributed by atoms with Crippen molar-refractivity contribution in [2.75, 3.05) is 19.8 Å². The summed E-state index contributed by atoms with van der Waals surface area (Å²) in [6.45, 7) is 2.39. The zero-order valence-corrected chi connectivity index (χ0v) is 12.3. The fraction of sp³-hybridized carbons (Fsp3) is 0.857. The fourth-order valence-electron chi connectivity index (χ4n) is 3.11. The van der Waals surface area contributed by atoms with Crippen LogP contribution in [0.25, 0.3) is 0 Å². The van der Waals surface area contributed by atoms with Crippen molar-refractivity contribution in [2.24, 2.45) is 17.1 Å². The summed E-state index contributed by atoms with van der Waals surface area (Å²) in [6.07, 6.45) is 6.97. The molecule has 3 N–H and O–H groups in total. The molecule has 108 valence electrons. The van der Waals surface area contributed by atoms with Gasteiger partial charge in [-0.3, -0.25) is 4.79 Å². The van der Waals surface area contributed by atoms with Crippen molar-refractivity contribution in [3.63, 3.8) is 0 Å². The average Bonchev–Trinajstić information content (AvgIpc) is 2.92. The van der Waals surface area contributed by atoms with Gasteiger partial charge in [0, 0.05) is 19.8 Å². The Bertz CT molecular complexity index is 334. The third-order valence-corrected chi connectivity index (χ3v) is 4.87. The number of carbonyl (C=O) groups excluding carboxylic acids is 1. The molecule has 0 radical (unpaired) electrons. The van der Waals surface area contributed by atoms with E-state index in [4.69, 9.17) is 22.7 Å². The number of rotatable bonds is 5. The van der Waals surface area contributed by atoms with Gasteiger partial charge in [0.05, 0.1) is 10.4 Å². The molecule has 1 aliphatic heterocycles. The van der Waals surface area contributed by atoms with Crippen LogP contribution in [0.15, 0.2) is 0 Å². The van der Waals surface area contributed by atoms with E-state index in [-0.39, 0.29) is 5.91 Å². The van der Waals surface area contributed by atoms with E-state index in [0.29, 0.717) is 17.5 Å². The van der Waals surface area contributed by atoms with Gasteiger partial charge in [-0.1, -0.05) is 31.5 Å². The van der Waals surface area contributed by atoms with Gasteiger partial charge in [0.15, 0.2) is 0 Å². The van der Waals surface area contributed by atoms with Gasteiger partial charge in [0.1, 0.15) is 0 Å². The molecule has 5 heteroatoms. The zero-order valence-electron chi connectivity index (χ0n) is 11.5. The van der Waals surface area contributed by atoms with Crippen molar-refractivity contribution in [2.45, 2.75) is 44.9 Å². The molecule has 1 amide bonds. The molecule has 0 aromatic carbocycles.